The first-order valence-corrected chi connectivity index (χ1v) is 6.68. The minimum atomic E-state index is -1.23. The first-order chi connectivity index (χ1) is 10.1. The average molecular weight is 308 g/mol. The van der Waals surface area contributed by atoms with Gasteiger partial charge in [0.1, 0.15) is 6.04 Å². The van der Waals surface area contributed by atoms with Crippen LogP contribution in [0.25, 0.3) is 0 Å². The number of benzene rings is 1. The third-order valence-electron chi connectivity index (χ3n) is 3.32. The van der Waals surface area contributed by atoms with Gasteiger partial charge in [-0.2, -0.15) is 0 Å². The van der Waals surface area contributed by atoms with Crippen molar-refractivity contribution in [3.8, 4) is 0 Å². The van der Waals surface area contributed by atoms with Gasteiger partial charge in [0.25, 0.3) is 0 Å². The molecule has 7 heteroatoms. The maximum absolute atomic E-state index is 11.9. The standard InChI is InChI=1S/C15H20N2O5/c1-8-4-9(2)13(10(3)5-8)14(15(16)22)17(6-11(18)19)7-12(20)21/h4-5,14H,6-7H2,1-3H3,(H2,16,22)(H,18,19)(H,20,21). The fourth-order valence-corrected chi connectivity index (χ4v) is 2.71. The van der Waals surface area contributed by atoms with Gasteiger partial charge in [-0.1, -0.05) is 17.7 Å². The molecule has 1 aromatic rings. The summed E-state index contributed by atoms with van der Waals surface area (Å²) in [5.74, 6) is -3.23. The molecule has 0 radical (unpaired) electrons. The Hall–Kier alpha value is -2.41. The Kier molecular flexibility index (Phi) is 5.64. The number of nitrogens with two attached hydrogens (primary N) is 1. The van der Waals surface area contributed by atoms with Crippen molar-refractivity contribution in [2.45, 2.75) is 26.8 Å². The van der Waals surface area contributed by atoms with Gasteiger partial charge in [-0.15, -0.1) is 0 Å². The molecule has 0 saturated carbocycles. The molecular formula is C15H20N2O5. The summed E-state index contributed by atoms with van der Waals surface area (Å²) in [6.45, 7) is 4.28. The van der Waals surface area contributed by atoms with E-state index in [1.54, 1.807) is 13.8 Å². The van der Waals surface area contributed by atoms with Crippen molar-refractivity contribution in [1.82, 2.24) is 4.90 Å². The van der Waals surface area contributed by atoms with Gasteiger partial charge < -0.3 is 15.9 Å². The van der Waals surface area contributed by atoms with E-state index in [1.807, 2.05) is 19.1 Å². The number of carbonyl (C=O) groups is 3. The number of carboxylic acid groups (broad SMARTS) is 2. The van der Waals surface area contributed by atoms with Crippen molar-refractivity contribution in [3.05, 3.63) is 34.4 Å². The zero-order valence-corrected chi connectivity index (χ0v) is 12.8. The molecule has 120 valence electrons. The normalized spacial score (nSPS) is 12.2. The van der Waals surface area contributed by atoms with Crippen molar-refractivity contribution in [2.75, 3.05) is 13.1 Å². The summed E-state index contributed by atoms with van der Waals surface area (Å²) in [5.41, 5.74) is 8.51. The van der Waals surface area contributed by atoms with E-state index >= 15 is 0 Å². The lowest BCUT2D eigenvalue weighted by atomic mass is 9.92. The lowest BCUT2D eigenvalue weighted by molar-refractivity contribution is -0.144. The molecule has 0 aromatic heterocycles. The molecule has 0 spiro atoms. The van der Waals surface area contributed by atoms with E-state index in [4.69, 9.17) is 15.9 Å². The molecule has 0 fully saturated rings. The number of carbonyl (C=O) groups excluding carboxylic acids is 1. The molecule has 0 aliphatic carbocycles. The Balaban J connectivity index is 3.40. The monoisotopic (exact) mass is 308 g/mol. The number of amides is 1. The third kappa shape index (κ3) is 4.29. The van der Waals surface area contributed by atoms with Gasteiger partial charge in [0.2, 0.25) is 5.91 Å². The van der Waals surface area contributed by atoms with Crippen LogP contribution in [0.5, 0.6) is 0 Å². The molecule has 7 nitrogen and oxygen atoms in total. The lowest BCUT2D eigenvalue weighted by Gasteiger charge is -2.29. The van der Waals surface area contributed by atoms with Gasteiger partial charge in [-0.05, 0) is 37.5 Å². The summed E-state index contributed by atoms with van der Waals surface area (Å²) in [4.78, 5) is 34.9. The largest absolute Gasteiger partial charge is 0.480 e. The second-order valence-electron chi connectivity index (χ2n) is 5.31. The van der Waals surface area contributed by atoms with Gasteiger partial charge in [-0.3, -0.25) is 19.3 Å². The molecule has 0 aliphatic rings. The predicted molar refractivity (Wildman–Crippen MR) is 79.4 cm³/mol. The van der Waals surface area contributed by atoms with Crippen LogP contribution in [0, 0.1) is 20.8 Å². The SMILES string of the molecule is Cc1cc(C)c(C(C(N)=O)N(CC(=O)O)CC(=O)O)c(C)c1. The maximum atomic E-state index is 11.9. The second kappa shape index (κ2) is 7.04. The highest BCUT2D eigenvalue weighted by Crippen LogP contribution is 2.28. The van der Waals surface area contributed by atoms with Crippen LogP contribution < -0.4 is 5.73 Å². The molecule has 1 rings (SSSR count). The highest BCUT2D eigenvalue weighted by molar-refractivity contribution is 5.84. The number of aliphatic carboxylic acids is 2. The summed E-state index contributed by atoms with van der Waals surface area (Å²) in [6.07, 6.45) is 0. The fourth-order valence-electron chi connectivity index (χ4n) is 2.71. The molecule has 1 unspecified atom stereocenters. The number of hydrogen-bond donors (Lipinski definition) is 3. The van der Waals surface area contributed by atoms with Crippen molar-refractivity contribution < 1.29 is 24.6 Å². The third-order valence-corrected chi connectivity index (χ3v) is 3.32. The second-order valence-corrected chi connectivity index (χ2v) is 5.31. The summed E-state index contributed by atoms with van der Waals surface area (Å²) in [6, 6.07) is 2.59. The molecule has 0 saturated heterocycles. The average Bonchev–Trinajstić information content (AvgIpc) is 2.30. The molecule has 0 bridgehead atoms. The minimum Gasteiger partial charge on any atom is -0.480 e. The Morgan fingerprint density at radius 2 is 1.45 bits per heavy atom. The summed E-state index contributed by atoms with van der Waals surface area (Å²) in [5, 5.41) is 17.9. The number of rotatable bonds is 7. The van der Waals surface area contributed by atoms with Crippen molar-refractivity contribution in [1.29, 1.82) is 0 Å². The molecule has 1 atom stereocenters. The first-order valence-electron chi connectivity index (χ1n) is 6.68. The Labute approximate surface area is 128 Å². The Morgan fingerprint density at radius 3 is 1.77 bits per heavy atom. The van der Waals surface area contributed by atoms with Crippen LogP contribution in [0.2, 0.25) is 0 Å². The van der Waals surface area contributed by atoms with Crippen molar-refractivity contribution >= 4 is 17.8 Å². The van der Waals surface area contributed by atoms with Crippen LogP contribution in [0.4, 0.5) is 0 Å². The number of primary amides is 1. The zero-order chi connectivity index (χ0) is 17.0. The molecule has 1 amide bonds. The van der Waals surface area contributed by atoms with Gasteiger partial charge >= 0.3 is 11.9 Å². The Bertz CT molecular complexity index is 573. The topological polar surface area (TPSA) is 121 Å². The van der Waals surface area contributed by atoms with Crippen LogP contribution >= 0.6 is 0 Å². The quantitative estimate of drug-likeness (QED) is 0.678. The molecule has 0 heterocycles. The summed E-state index contributed by atoms with van der Waals surface area (Å²) in [7, 11) is 0. The number of carboxylic acids is 2. The van der Waals surface area contributed by atoms with E-state index in [9.17, 15) is 14.4 Å². The van der Waals surface area contributed by atoms with Crippen molar-refractivity contribution in [2.24, 2.45) is 5.73 Å². The highest BCUT2D eigenvalue weighted by atomic mass is 16.4. The molecule has 22 heavy (non-hydrogen) atoms. The van der Waals surface area contributed by atoms with Gasteiger partial charge in [0, 0.05) is 0 Å². The van der Waals surface area contributed by atoms with E-state index in [0.29, 0.717) is 5.56 Å². The van der Waals surface area contributed by atoms with E-state index < -0.39 is 37.0 Å². The van der Waals surface area contributed by atoms with Gasteiger partial charge in [0.15, 0.2) is 0 Å². The Morgan fingerprint density at radius 1 is 1.05 bits per heavy atom. The summed E-state index contributed by atoms with van der Waals surface area (Å²) >= 11 is 0. The van der Waals surface area contributed by atoms with E-state index in [2.05, 4.69) is 0 Å². The van der Waals surface area contributed by atoms with E-state index in [-0.39, 0.29) is 0 Å². The van der Waals surface area contributed by atoms with Crippen LogP contribution in [0.15, 0.2) is 12.1 Å². The molecule has 1 aromatic carbocycles. The van der Waals surface area contributed by atoms with Crippen LogP contribution in [0.3, 0.4) is 0 Å². The zero-order valence-electron chi connectivity index (χ0n) is 12.8. The van der Waals surface area contributed by atoms with Crippen LogP contribution in [0.1, 0.15) is 28.3 Å². The van der Waals surface area contributed by atoms with Gasteiger partial charge in [0.05, 0.1) is 13.1 Å². The number of hydrogen-bond acceptors (Lipinski definition) is 4. The fraction of sp³-hybridized carbons (Fsp3) is 0.400. The highest BCUT2D eigenvalue weighted by Gasteiger charge is 2.31. The number of aryl methyl sites for hydroxylation is 3. The van der Waals surface area contributed by atoms with Crippen LogP contribution in [-0.2, 0) is 14.4 Å². The van der Waals surface area contributed by atoms with Crippen molar-refractivity contribution in [3.63, 3.8) is 0 Å². The lowest BCUT2D eigenvalue weighted by Crippen LogP contribution is -2.43. The number of nitrogens with zero attached hydrogens (tertiary/aromatic N) is 1. The van der Waals surface area contributed by atoms with Crippen LogP contribution in [-0.4, -0.2) is 46.0 Å². The van der Waals surface area contributed by atoms with E-state index in [1.165, 1.54) is 0 Å². The molecular weight excluding hydrogens is 288 g/mol. The first kappa shape index (κ1) is 17.6. The molecule has 0 aliphatic heterocycles. The maximum Gasteiger partial charge on any atom is 0.317 e. The smallest absolute Gasteiger partial charge is 0.317 e. The minimum absolute atomic E-state index is 0.556. The predicted octanol–water partition coefficient (Wildman–Crippen LogP) is 0.609. The summed E-state index contributed by atoms with van der Waals surface area (Å²) < 4.78 is 0. The van der Waals surface area contributed by atoms with E-state index in [0.717, 1.165) is 21.6 Å². The molecule has 4 N–H and O–H groups in total. The van der Waals surface area contributed by atoms with Gasteiger partial charge in [-0.25, -0.2) is 0 Å².